The maximum absolute atomic E-state index is 11.2. The van der Waals surface area contributed by atoms with Crippen molar-refractivity contribution < 1.29 is 9.90 Å². The molecule has 9 heteroatoms. The van der Waals surface area contributed by atoms with Crippen LogP contribution in [0.5, 0.6) is 0 Å². The molecule has 0 amide bonds. The molecule has 0 aliphatic heterocycles. The number of rotatable bonds is 6. The van der Waals surface area contributed by atoms with E-state index >= 15 is 0 Å². The summed E-state index contributed by atoms with van der Waals surface area (Å²) in [6.07, 6.45) is 1.48. The zero-order valence-electron chi connectivity index (χ0n) is 13.9. The zero-order valence-corrected chi connectivity index (χ0v) is 16.3. The molecule has 0 aliphatic carbocycles. The minimum absolute atomic E-state index is 0.155. The molecule has 3 N–H and O–H groups in total. The number of thiophene rings is 1. The van der Waals surface area contributed by atoms with Gasteiger partial charge in [0, 0.05) is 11.2 Å². The van der Waals surface area contributed by atoms with Crippen LogP contribution in [0, 0.1) is 0 Å². The fourth-order valence-electron chi connectivity index (χ4n) is 2.43. The van der Waals surface area contributed by atoms with Crippen molar-refractivity contribution in [3.05, 3.63) is 64.6 Å². The lowest BCUT2D eigenvalue weighted by molar-refractivity contribution is -0.137. The molecule has 0 bridgehead atoms. The number of halogens is 1. The first kappa shape index (κ1) is 19.2. The predicted octanol–water partition coefficient (Wildman–Crippen LogP) is 4.36. The molecule has 3 aromatic rings. The van der Waals surface area contributed by atoms with E-state index in [1.807, 2.05) is 23.6 Å². The van der Waals surface area contributed by atoms with Crippen LogP contribution in [-0.4, -0.2) is 26.2 Å². The molecule has 1 unspecified atom stereocenters. The third-order valence-electron chi connectivity index (χ3n) is 3.59. The van der Waals surface area contributed by atoms with Crippen LogP contribution >= 0.6 is 35.2 Å². The number of aliphatic carboxylic acids is 1. The minimum Gasteiger partial charge on any atom is -0.481 e. The van der Waals surface area contributed by atoms with Gasteiger partial charge in [0.25, 0.3) is 0 Å². The van der Waals surface area contributed by atoms with E-state index in [1.54, 1.807) is 41.8 Å². The highest BCUT2D eigenvalue weighted by Crippen LogP contribution is 2.23. The van der Waals surface area contributed by atoms with Gasteiger partial charge in [0.1, 0.15) is 0 Å². The molecule has 0 fully saturated rings. The molecule has 0 saturated carbocycles. The van der Waals surface area contributed by atoms with Crippen LogP contribution in [0.15, 0.2) is 54.0 Å². The van der Waals surface area contributed by atoms with Crippen molar-refractivity contribution in [3.8, 4) is 10.6 Å². The van der Waals surface area contributed by atoms with Crippen LogP contribution < -0.4 is 10.6 Å². The Bertz CT molecular complexity index is 950. The number of nitrogens with zero attached hydrogens (tertiary/aromatic N) is 2. The maximum atomic E-state index is 11.2. The number of hydrogen-bond donors (Lipinski definition) is 3. The number of aromatic nitrogens is 2. The molecule has 0 aliphatic rings. The van der Waals surface area contributed by atoms with Crippen molar-refractivity contribution in [2.75, 3.05) is 5.32 Å². The van der Waals surface area contributed by atoms with Gasteiger partial charge in [-0.15, -0.1) is 11.3 Å². The van der Waals surface area contributed by atoms with Crippen LogP contribution in [0.25, 0.3) is 10.6 Å². The number of anilines is 1. The van der Waals surface area contributed by atoms with Gasteiger partial charge in [0.15, 0.2) is 5.11 Å². The Hall–Kier alpha value is -2.55. The van der Waals surface area contributed by atoms with Gasteiger partial charge in [-0.05, 0) is 47.4 Å². The van der Waals surface area contributed by atoms with E-state index < -0.39 is 12.0 Å². The summed E-state index contributed by atoms with van der Waals surface area (Å²) in [7, 11) is 0. The Morgan fingerprint density at radius 3 is 2.85 bits per heavy atom. The summed E-state index contributed by atoms with van der Waals surface area (Å²) < 4.78 is 0. The number of benzene rings is 1. The molecule has 6 nitrogen and oxygen atoms in total. The second-order valence-corrected chi connectivity index (χ2v) is 7.34. The van der Waals surface area contributed by atoms with Gasteiger partial charge in [-0.25, -0.2) is 9.97 Å². The highest BCUT2D eigenvalue weighted by molar-refractivity contribution is 7.80. The number of carboxylic acid groups (broad SMARTS) is 1. The number of hydrogen-bond acceptors (Lipinski definition) is 5. The first-order chi connectivity index (χ1) is 13.0. The first-order valence-electron chi connectivity index (χ1n) is 7.93. The smallest absolute Gasteiger partial charge is 0.305 e. The Balaban J connectivity index is 1.73. The number of thiocarbonyl (C=S) groups is 1. The topological polar surface area (TPSA) is 87.1 Å². The highest BCUT2D eigenvalue weighted by atomic mass is 35.5. The van der Waals surface area contributed by atoms with Crippen molar-refractivity contribution in [2.45, 2.75) is 12.5 Å². The minimum atomic E-state index is -0.953. The largest absolute Gasteiger partial charge is 0.481 e. The molecule has 2 heterocycles. The van der Waals surface area contributed by atoms with Crippen LogP contribution in [-0.2, 0) is 4.79 Å². The number of carboxylic acids is 1. The lowest BCUT2D eigenvalue weighted by Crippen LogP contribution is -2.34. The van der Waals surface area contributed by atoms with Gasteiger partial charge in [-0.2, -0.15) is 0 Å². The molecular formula is C18H15ClN4O2S2. The predicted molar refractivity (Wildman–Crippen MR) is 111 cm³/mol. The summed E-state index contributed by atoms with van der Waals surface area (Å²) in [5.74, 6) is -0.621. The summed E-state index contributed by atoms with van der Waals surface area (Å²) in [5, 5.41) is 17.8. The van der Waals surface area contributed by atoms with Crippen molar-refractivity contribution in [3.63, 3.8) is 0 Å². The van der Waals surface area contributed by atoms with E-state index in [0.29, 0.717) is 11.0 Å². The van der Waals surface area contributed by atoms with Gasteiger partial charge in [0.05, 0.1) is 23.0 Å². The lowest BCUT2D eigenvalue weighted by Gasteiger charge is -2.19. The molecular weight excluding hydrogens is 404 g/mol. The van der Waals surface area contributed by atoms with Crippen LogP contribution in [0.1, 0.15) is 18.0 Å². The monoisotopic (exact) mass is 418 g/mol. The number of nitrogens with one attached hydrogen (secondary N) is 2. The molecule has 138 valence electrons. The van der Waals surface area contributed by atoms with Gasteiger partial charge >= 0.3 is 5.97 Å². The highest BCUT2D eigenvalue weighted by Gasteiger charge is 2.17. The lowest BCUT2D eigenvalue weighted by atomic mass is 10.0. The second-order valence-electron chi connectivity index (χ2n) is 5.55. The third kappa shape index (κ3) is 5.46. The normalized spacial score (nSPS) is 11.6. The van der Waals surface area contributed by atoms with Crippen molar-refractivity contribution in [1.29, 1.82) is 0 Å². The van der Waals surface area contributed by atoms with E-state index in [4.69, 9.17) is 23.8 Å². The van der Waals surface area contributed by atoms with Gasteiger partial charge in [-0.1, -0.05) is 29.8 Å². The summed E-state index contributed by atoms with van der Waals surface area (Å²) in [6, 6.07) is 12.2. The Morgan fingerprint density at radius 2 is 2.15 bits per heavy atom. The number of carbonyl (C=O) groups is 1. The summed E-state index contributed by atoms with van der Waals surface area (Å²) in [5.41, 5.74) is 1.50. The fraction of sp³-hybridized carbons (Fsp3) is 0.111. The molecule has 1 aromatic carbocycles. The van der Waals surface area contributed by atoms with Crippen molar-refractivity contribution >= 4 is 52.2 Å². The van der Waals surface area contributed by atoms with Crippen molar-refractivity contribution in [1.82, 2.24) is 15.3 Å². The SMILES string of the molecule is O=C(O)CC(NC(=S)Nc1nccc(-c2cccs2)n1)c1cccc(Cl)c1. The summed E-state index contributed by atoms with van der Waals surface area (Å²) >= 11 is 12.9. The van der Waals surface area contributed by atoms with Crippen molar-refractivity contribution in [2.24, 2.45) is 0 Å². The molecule has 3 rings (SSSR count). The average molecular weight is 419 g/mol. The average Bonchev–Trinajstić information content (AvgIpc) is 3.16. The van der Waals surface area contributed by atoms with Crippen LogP contribution in [0.2, 0.25) is 5.02 Å². The van der Waals surface area contributed by atoms with Gasteiger partial charge in [-0.3, -0.25) is 4.79 Å². The molecule has 27 heavy (non-hydrogen) atoms. The molecule has 0 spiro atoms. The maximum Gasteiger partial charge on any atom is 0.305 e. The van der Waals surface area contributed by atoms with Gasteiger partial charge in [0.2, 0.25) is 5.95 Å². The van der Waals surface area contributed by atoms with E-state index in [-0.39, 0.29) is 11.5 Å². The summed E-state index contributed by atoms with van der Waals surface area (Å²) in [6.45, 7) is 0. The van der Waals surface area contributed by atoms with Gasteiger partial charge < -0.3 is 15.7 Å². The Labute approximate surface area is 170 Å². The van der Waals surface area contributed by atoms with Crippen LogP contribution in [0.4, 0.5) is 5.95 Å². The Morgan fingerprint density at radius 1 is 1.30 bits per heavy atom. The fourth-order valence-corrected chi connectivity index (χ4v) is 3.55. The quantitative estimate of drug-likeness (QED) is 0.512. The first-order valence-corrected chi connectivity index (χ1v) is 9.59. The van der Waals surface area contributed by atoms with Crippen LogP contribution in [0.3, 0.4) is 0 Å². The molecule has 0 radical (unpaired) electrons. The van der Waals surface area contributed by atoms with E-state index in [1.165, 1.54) is 0 Å². The zero-order chi connectivity index (χ0) is 19.2. The second kappa shape index (κ2) is 8.90. The Kier molecular flexibility index (Phi) is 6.33. The molecule has 1 atom stereocenters. The van der Waals surface area contributed by atoms with E-state index in [2.05, 4.69) is 20.6 Å². The standard InChI is InChI=1S/C18H15ClN4O2S2/c19-12-4-1-3-11(9-12)14(10-16(24)25)22-18(26)23-17-20-7-6-13(21-17)15-5-2-8-27-15/h1-9,14H,10H2,(H,24,25)(H2,20,21,22,23,26). The van der Waals surface area contributed by atoms with E-state index in [9.17, 15) is 9.90 Å². The third-order valence-corrected chi connectivity index (χ3v) is 4.94. The summed E-state index contributed by atoms with van der Waals surface area (Å²) in [4.78, 5) is 20.8. The van der Waals surface area contributed by atoms with E-state index in [0.717, 1.165) is 16.1 Å². The molecule has 0 saturated heterocycles. The molecule has 2 aromatic heterocycles.